The Bertz CT molecular complexity index is 405. The number of hydrogen-bond acceptors (Lipinski definition) is 5. The number of rotatable bonds is 5. The first-order valence-electron chi connectivity index (χ1n) is 4.99. The third-order valence-electron chi connectivity index (χ3n) is 1.72. The zero-order valence-corrected chi connectivity index (χ0v) is 10.0. The predicted molar refractivity (Wildman–Crippen MR) is 61.4 cm³/mol. The fourth-order valence-electron chi connectivity index (χ4n) is 1.10. The van der Waals surface area contributed by atoms with Gasteiger partial charge in [-0.2, -0.15) is 0 Å². The van der Waals surface area contributed by atoms with E-state index in [-0.39, 0.29) is 16.8 Å². The molecule has 0 saturated carbocycles. The second kappa shape index (κ2) is 6.32. The van der Waals surface area contributed by atoms with E-state index in [4.69, 9.17) is 4.74 Å². The second-order valence-electron chi connectivity index (χ2n) is 3.18. The third kappa shape index (κ3) is 4.48. The summed E-state index contributed by atoms with van der Waals surface area (Å²) in [5.74, 6) is -0.235. The van der Waals surface area contributed by atoms with Crippen molar-refractivity contribution in [2.45, 2.75) is 30.7 Å². The first-order valence-corrected chi connectivity index (χ1v) is 5.87. The molecule has 1 N–H and O–H groups in total. The molecule has 16 heavy (non-hydrogen) atoms. The van der Waals surface area contributed by atoms with E-state index < -0.39 is 0 Å². The fraction of sp³-hybridized carbons (Fsp3) is 0.500. The molecule has 1 rings (SSSR count). The summed E-state index contributed by atoms with van der Waals surface area (Å²) >= 11 is 1.34. The van der Waals surface area contributed by atoms with E-state index in [9.17, 15) is 9.59 Å². The minimum absolute atomic E-state index is 0.0181. The highest BCUT2D eigenvalue weighted by Gasteiger charge is 2.12. The number of ether oxygens (including phenoxy) is 1. The van der Waals surface area contributed by atoms with Crippen molar-refractivity contribution in [1.29, 1.82) is 0 Å². The zero-order chi connectivity index (χ0) is 12.0. The van der Waals surface area contributed by atoms with Crippen LogP contribution in [0.15, 0.2) is 22.2 Å². The van der Waals surface area contributed by atoms with Crippen molar-refractivity contribution in [1.82, 2.24) is 9.97 Å². The Morgan fingerprint density at radius 1 is 1.69 bits per heavy atom. The summed E-state index contributed by atoms with van der Waals surface area (Å²) in [6.07, 6.45) is 1.75. The maximum atomic E-state index is 11.2. The molecule has 1 aromatic heterocycles. The van der Waals surface area contributed by atoms with Gasteiger partial charge in [-0.1, -0.05) is 18.7 Å². The number of aromatic nitrogens is 2. The highest BCUT2D eigenvalue weighted by Crippen LogP contribution is 2.20. The van der Waals surface area contributed by atoms with Crippen LogP contribution in [0, 0.1) is 0 Å². The van der Waals surface area contributed by atoms with Gasteiger partial charge in [0.15, 0.2) is 5.16 Å². The van der Waals surface area contributed by atoms with E-state index in [0.29, 0.717) is 18.2 Å². The summed E-state index contributed by atoms with van der Waals surface area (Å²) in [7, 11) is 0. The van der Waals surface area contributed by atoms with Crippen LogP contribution in [0.2, 0.25) is 0 Å². The molecule has 0 saturated heterocycles. The predicted octanol–water partition coefficient (Wildman–Crippen LogP) is 1.20. The number of nitrogens with zero attached hydrogens (tertiary/aromatic N) is 1. The lowest BCUT2D eigenvalue weighted by molar-refractivity contribution is -0.142. The highest BCUT2D eigenvalue weighted by molar-refractivity contribution is 7.99. The second-order valence-corrected chi connectivity index (χ2v) is 4.60. The van der Waals surface area contributed by atoms with Crippen molar-refractivity contribution < 1.29 is 9.53 Å². The van der Waals surface area contributed by atoms with Gasteiger partial charge in [0.2, 0.25) is 0 Å². The summed E-state index contributed by atoms with van der Waals surface area (Å²) in [4.78, 5) is 28.8. The normalized spacial score (nSPS) is 12.1. The van der Waals surface area contributed by atoms with Crippen LogP contribution in [0.3, 0.4) is 0 Å². The quantitative estimate of drug-likeness (QED) is 0.477. The lowest BCUT2D eigenvalue weighted by Crippen LogP contribution is -2.12. The largest absolute Gasteiger partial charge is 0.466 e. The van der Waals surface area contributed by atoms with Gasteiger partial charge in [0.05, 0.1) is 13.0 Å². The Balaban J connectivity index is 2.48. The van der Waals surface area contributed by atoms with Gasteiger partial charge < -0.3 is 9.72 Å². The van der Waals surface area contributed by atoms with E-state index in [0.717, 1.165) is 0 Å². The molecule has 0 aromatic carbocycles. The SMILES string of the molecule is CCOC(=O)CC(C)Sc1nccc(=O)[nH]1. The molecule has 0 aliphatic rings. The van der Waals surface area contributed by atoms with Crippen molar-refractivity contribution in [3.8, 4) is 0 Å². The Morgan fingerprint density at radius 3 is 3.06 bits per heavy atom. The molecule has 1 heterocycles. The maximum Gasteiger partial charge on any atom is 0.306 e. The Morgan fingerprint density at radius 2 is 2.44 bits per heavy atom. The molecule has 1 atom stereocenters. The van der Waals surface area contributed by atoms with Crippen LogP contribution in [-0.4, -0.2) is 27.8 Å². The molecule has 0 amide bonds. The van der Waals surface area contributed by atoms with Crippen LogP contribution in [-0.2, 0) is 9.53 Å². The van der Waals surface area contributed by atoms with Gasteiger partial charge in [0.25, 0.3) is 5.56 Å². The molecule has 0 bridgehead atoms. The van der Waals surface area contributed by atoms with Crippen LogP contribution < -0.4 is 5.56 Å². The minimum atomic E-state index is -0.235. The molecule has 6 heteroatoms. The van der Waals surface area contributed by atoms with E-state index in [1.54, 1.807) is 6.92 Å². The van der Waals surface area contributed by atoms with Crippen molar-refractivity contribution in [2.75, 3.05) is 6.61 Å². The average molecular weight is 242 g/mol. The highest BCUT2D eigenvalue weighted by atomic mass is 32.2. The molecule has 1 aromatic rings. The monoisotopic (exact) mass is 242 g/mol. The number of nitrogens with one attached hydrogen (secondary N) is 1. The Kier molecular flexibility index (Phi) is 5.04. The van der Waals surface area contributed by atoms with Crippen LogP contribution in [0.25, 0.3) is 0 Å². The van der Waals surface area contributed by atoms with Gasteiger partial charge in [-0.3, -0.25) is 9.59 Å². The smallest absolute Gasteiger partial charge is 0.306 e. The van der Waals surface area contributed by atoms with Crippen molar-refractivity contribution in [2.24, 2.45) is 0 Å². The number of esters is 1. The van der Waals surface area contributed by atoms with Crippen LogP contribution in [0.5, 0.6) is 0 Å². The number of aromatic amines is 1. The topological polar surface area (TPSA) is 72.0 Å². The lowest BCUT2D eigenvalue weighted by Gasteiger charge is -2.08. The first kappa shape index (κ1) is 12.8. The summed E-state index contributed by atoms with van der Waals surface area (Å²) in [5, 5.41) is 0.536. The van der Waals surface area contributed by atoms with Gasteiger partial charge in [-0.25, -0.2) is 4.98 Å². The molecule has 5 nitrogen and oxygen atoms in total. The van der Waals surface area contributed by atoms with E-state index in [2.05, 4.69) is 9.97 Å². The Hall–Kier alpha value is -1.30. The molecule has 0 aliphatic carbocycles. The van der Waals surface area contributed by atoms with Crippen molar-refractivity contribution in [3.63, 3.8) is 0 Å². The standard InChI is InChI=1S/C10H14N2O3S/c1-3-15-9(14)6-7(2)16-10-11-5-4-8(13)12-10/h4-5,7H,3,6H2,1-2H3,(H,11,12,13). The van der Waals surface area contributed by atoms with Crippen LogP contribution >= 0.6 is 11.8 Å². The molecular weight excluding hydrogens is 228 g/mol. The summed E-state index contributed by atoms with van der Waals surface area (Å²) in [5.41, 5.74) is -0.194. The summed E-state index contributed by atoms with van der Waals surface area (Å²) in [6, 6.07) is 1.35. The van der Waals surface area contributed by atoms with E-state index in [1.165, 1.54) is 24.0 Å². The summed E-state index contributed by atoms with van der Waals surface area (Å²) in [6.45, 7) is 4.04. The molecule has 0 radical (unpaired) electrons. The minimum Gasteiger partial charge on any atom is -0.466 e. The van der Waals surface area contributed by atoms with Gasteiger partial charge in [0.1, 0.15) is 0 Å². The number of carbonyl (C=O) groups is 1. The number of hydrogen-bond donors (Lipinski definition) is 1. The maximum absolute atomic E-state index is 11.2. The zero-order valence-electron chi connectivity index (χ0n) is 9.23. The van der Waals surface area contributed by atoms with Gasteiger partial charge >= 0.3 is 5.97 Å². The molecule has 0 spiro atoms. The van der Waals surface area contributed by atoms with E-state index >= 15 is 0 Å². The number of H-pyrrole nitrogens is 1. The van der Waals surface area contributed by atoms with Crippen molar-refractivity contribution in [3.05, 3.63) is 22.6 Å². The molecule has 0 aliphatic heterocycles. The molecular formula is C10H14N2O3S. The fourth-order valence-corrected chi connectivity index (χ4v) is 1.98. The lowest BCUT2D eigenvalue weighted by atomic mass is 10.3. The average Bonchev–Trinajstić information content (AvgIpc) is 2.17. The molecule has 0 fully saturated rings. The van der Waals surface area contributed by atoms with Gasteiger partial charge in [-0.05, 0) is 6.92 Å². The summed E-state index contributed by atoms with van der Waals surface area (Å²) < 4.78 is 4.83. The Labute approximate surface area is 97.6 Å². The van der Waals surface area contributed by atoms with E-state index in [1.807, 2.05) is 6.92 Å². The third-order valence-corrected chi connectivity index (χ3v) is 2.72. The van der Waals surface area contributed by atoms with Crippen LogP contribution in [0.1, 0.15) is 20.3 Å². The number of carbonyl (C=O) groups excluding carboxylic acids is 1. The van der Waals surface area contributed by atoms with Gasteiger partial charge in [0, 0.05) is 17.5 Å². The van der Waals surface area contributed by atoms with Crippen LogP contribution in [0.4, 0.5) is 0 Å². The molecule has 1 unspecified atom stereocenters. The van der Waals surface area contributed by atoms with Crippen molar-refractivity contribution >= 4 is 17.7 Å². The number of thioether (sulfide) groups is 1. The van der Waals surface area contributed by atoms with Gasteiger partial charge in [-0.15, -0.1) is 0 Å². The first-order chi connectivity index (χ1) is 7.61. The molecule has 88 valence electrons.